The maximum absolute atomic E-state index is 8.46. The lowest BCUT2D eigenvalue weighted by molar-refractivity contribution is 0.211. The van der Waals surface area contributed by atoms with Crippen molar-refractivity contribution in [1.29, 1.82) is 0 Å². The zero-order chi connectivity index (χ0) is 11.3. The Bertz CT molecular complexity index is 216. The Labute approximate surface area is 91.9 Å². The molecule has 0 aromatic heterocycles. The van der Waals surface area contributed by atoms with Crippen molar-refractivity contribution in [2.24, 2.45) is 22.7 Å². The molecular weight excluding hydrogens is 190 g/mol. The van der Waals surface area contributed by atoms with Crippen LogP contribution in [0.4, 0.5) is 0 Å². The summed E-state index contributed by atoms with van der Waals surface area (Å²) in [5.41, 5.74) is 5.45. The molecule has 0 aromatic rings. The largest absolute Gasteiger partial charge is 0.409 e. The van der Waals surface area contributed by atoms with Crippen LogP contribution in [0.3, 0.4) is 0 Å². The van der Waals surface area contributed by atoms with Crippen molar-refractivity contribution in [3.8, 4) is 0 Å². The Balaban J connectivity index is 2.42. The summed E-state index contributed by atoms with van der Waals surface area (Å²) in [4.78, 5) is 0. The first-order valence-corrected chi connectivity index (χ1v) is 5.85. The van der Waals surface area contributed by atoms with E-state index in [4.69, 9.17) is 10.9 Å². The van der Waals surface area contributed by atoms with Gasteiger partial charge in [-0.1, -0.05) is 31.8 Å². The molecule has 0 radical (unpaired) electrons. The van der Waals surface area contributed by atoms with Gasteiger partial charge in [-0.2, -0.15) is 0 Å². The minimum absolute atomic E-state index is 0.267. The van der Waals surface area contributed by atoms with Crippen molar-refractivity contribution in [3.63, 3.8) is 0 Å². The van der Waals surface area contributed by atoms with E-state index in [1.54, 1.807) is 0 Å². The lowest BCUT2D eigenvalue weighted by Crippen LogP contribution is -2.44. The number of nitrogens with one attached hydrogen (secondary N) is 1. The SMILES string of the molecule is CC(C)C1CCCCC1NCC(N)=NO. The van der Waals surface area contributed by atoms with Gasteiger partial charge in [0.2, 0.25) is 0 Å². The van der Waals surface area contributed by atoms with Crippen molar-refractivity contribution in [2.75, 3.05) is 6.54 Å². The van der Waals surface area contributed by atoms with Crippen molar-refractivity contribution < 1.29 is 5.21 Å². The summed E-state index contributed by atoms with van der Waals surface area (Å²) in [5, 5.41) is 14.8. The smallest absolute Gasteiger partial charge is 0.153 e. The molecule has 2 atom stereocenters. The van der Waals surface area contributed by atoms with Gasteiger partial charge in [0, 0.05) is 6.04 Å². The summed E-state index contributed by atoms with van der Waals surface area (Å²) in [7, 11) is 0. The van der Waals surface area contributed by atoms with Crippen molar-refractivity contribution >= 4 is 5.84 Å². The van der Waals surface area contributed by atoms with Gasteiger partial charge in [0.1, 0.15) is 0 Å². The molecule has 0 bridgehead atoms. The first kappa shape index (κ1) is 12.3. The van der Waals surface area contributed by atoms with E-state index in [2.05, 4.69) is 24.3 Å². The molecule has 88 valence electrons. The standard InChI is InChI=1S/C11H23N3O/c1-8(2)9-5-3-4-6-10(9)13-7-11(12)14-15/h8-10,13,15H,3-7H2,1-2H3,(H2,12,14). The molecule has 1 saturated carbocycles. The number of hydrogen-bond acceptors (Lipinski definition) is 3. The van der Waals surface area contributed by atoms with Crippen LogP contribution in [0.25, 0.3) is 0 Å². The second kappa shape index (κ2) is 5.95. The molecule has 4 nitrogen and oxygen atoms in total. The molecule has 1 fully saturated rings. The fourth-order valence-electron chi connectivity index (χ4n) is 2.48. The van der Waals surface area contributed by atoms with Crippen LogP contribution in [0, 0.1) is 11.8 Å². The van der Waals surface area contributed by atoms with Crippen LogP contribution in [0.1, 0.15) is 39.5 Å². The van der Waals surface area contributed by atoms with Crippen LogP contribution in [0.5, 0.6) is 0 Å². The third-order valence-corrected chi connectivity index (χ3v) is 3.35. The Morgan fingerprint density at radius 3 is 2.73 bits per heavy atom. The number of rotatable bonds is 4. The van der Waals surface area contributed by atoms with E-state index in [9.17, 15) is 0 Å². The summed E-state index contributed by atoms with van der Waals surface area (Å²) in [6.45, 7) is 5.03. The molecule has 0 aromatic carbocycles. The average molecular weight is 213 g/mol. The van der Waals surface area contributed by atoms with E-state index >= 15 is 0 Å². The van der Waals surface area contributed by atoms with Gasteiger partial charge in [-0.3, -0.25) is 0 Å². The summed E-state index contributed by atoms with van der Waals surface area (Å²) >= 11 is 0. The summed E-state index contributed by atoms with van der Waals surface area (Å²) < 4.78 is 0. The van der Waals surface area contributed by atoms with E-state index in [0.717, 1.165) is 5.92 Å². The van der Waals surface area contributed by atoms with E-state index in [0.29, 0.717) is 18.5 Å². The Kier molecular flexibility index (Phi) is 4.88. The zero-order valence-electron chi connectivity index (χ0n) is 9.74. The molecule has 4 heteroatoms. The van der Waals surface area contributed by atoms with Gasteiger partial charge in [0.05, 0.1) is 6.54 Å². The maximum atomic E-state index is 8.46. The highest BCUT2D eigenvalue weighted by molar-refractivity contribution is 5.81. The molecule has 0 amide bonds. The van der Waals surface area contributed by atoms with Crippen molar-refractivity contribution in [3.05, 3.63) is 0 Å². The van der Waals surface area contributed by atoms with Crippen LogP contribution in [0.15, 0.2) is 5.16 Å². The molecule has 2 unspecified atom stereocenters. The molecule has 0 aliphatic heterocycles. The fraction of sp³-hybridized carbons (Fsp3) is 0.909. The molecule has 1 rings (SSSR count). The van der Waals surface area contributed by atoms with Gasteiger partial charge in [0.25, 0.3) is 0 Å². The number of oxime groups is 1. The highest BCUT2D eigenvalue weighted by Gasteiger charge is 2.26. The van der Waals surface area contributed by atoms with Gasteiger partial charge in [-0.25, -0.2) is 0 Å². The first-order valence-electron chi connectivity index (χ1n) is 5.85. The van der Waals surface area contributed by atoms with E-state index in [1.807, 2.05) is 0 Å². The molecule has 0 heterocycles. The predicted octanol–water partition coefficient (Wildman–Crippen LogP) is 1.54. The summed E-state index contributed by atoms with van der Waals surface area (Å²) in [6.07, 6.45) is 5.13. The van der Waals surface area contributed by atoms with Gasteiger partial charge in [0.15, 0.2) is 5.84 Å². The van der Waals surface area contributed by atoms with Gasteiger partial charge < -0.3 is 16.3 Å². The molecular formula is C11H23N3O. The monoisotopic (exact) mass is 213 g/mol. The van der Waals surface area contributed by atoms with E-state index in [-0.39, 0.29) is 5.84 Å². The van der Waals surface area contributed by atoms with Gasteiger partial charge >= 0.3 is 0 Å². The van der Waals surface area contributed by atoms with Crippen LogP contribution < -0.4 is 11.1 Å². The third-order valence-electron chi connectivity index (χ3n) is 3.35. The number of amidine groups is 1. The molecule has 0 saturated heterocycles. The molecule has 0 spiro atoms. The van der Waals surface area contributed by atoms with E-state index < -0.39 is 0 Å². The molecule has 15 heavy (non-hydrogen) atoms. The number of hydrogen-bond donors (Lipinski definition) is 3. The van der Waals surface area contributed by atoms with Gasteiger partial charge in [-0.05, 0) is 24.7 Å². The highest BCUT2D eigenvalue weighted by Crippen LogP contribution is 2.29. The summed E-state index contributed by atoms with van der Waals surface area (Å²) in [5.74, 6) is 1.70. The first-order chi connectivity index (χ1) is 7.15. The number of nitrogens with two attached hydrogens (primary N) is 1. The Hall–Kier alpha value is -0.770. The van der Waals surface area contributed by atoms with Crippen LogP contribution in [-0.2, 0) is 0 Å². The zero-order valence-corrected chi connectivity index (χ0v) is 9.74. The van der Waals surface area contributed by atoms with Crippen LogP contribution in [0.2, 0.25) is 0 Å². The summed E-state index contributed by atoms with van der Waals surface area (Å²) in [6, 6.07) is 0.527. The van der Waals surface area contributed by atoms with Gasteiger partial charge in [-0.15, -0.1) is 0 Å². The second-order valence-corrected chi connectivity index (χ2v) is 4.77. The topological polar surface area (TPSA) is 70.6 Å². The lowest BCUT2D eigenvalue weighted by Gasteiger charge is -2.35. The minimum Gasteiger partial charge on any atom is -0.409 e. The fourth-order valence-corrected chi connectivity index (χ4v) is 2.48. The predicted molar refractivity (Wildman–Crippen MR) is 62.0 cm³/mol. The van der Waals surface area contributed by atoms with Crippen molar-refractivity contribution in [1.82, 2.24) is 5.32 Å². The number of nitrogens with zero attached hydrogens (tertiary/aromatic N) is 1. The average Bonchev–Trinajstić information content (AvgIpc) is 2.26. The third kappa shape index (κ3) is 3.70. The highest BCUT2D eigenvalue weighted by atomic mass is 16.4. The lowest BCUT2D eigenvalue weighted by atomic mass is 9.78. The second-order valence-electron chi connectivity index (χ2n) is 4.77. The molecule has 4 N–H and O–H groups in total. The van der Waals surface area contributed by atoms with E-state index in [1.165, 1.54) is 25.7 Å². The Morgan fingerprint density at radius 1 is 1.47 bits per heavy atom. The normalized spacial score (nSPS) is 28.3. The Morgan fingerprint density at radius 2 is 2.13 bits per heavy atom. The van der Waals surface area contributed by atoms with Crippen molar-refractivity contribution in [2.45, 2.75) is 45.6 Å². The quantitative estimate of drug-likeness (QED) is 0.287. The van der Waals surface area contributed by atoms with Crippen LogP contribution >= 0.6 is 0 Å². The maximum Gasteiger partial charge on any atom is 0.153 e. The molecule has 1 aliphatic carbocycles. The van der Waals surface area contributed by atoms with Crippen LogP contribution in [-0.4, -0.2) is 23.6 Å². The minimum atomic E-state index is 0.267. The molecule has 1 aliphatic rings.